The lowest BCUT2D eigenvalue weighted by molar-refractivity contribution is 0.838. The van der Waals surface area contributed by atoms with Gasteiger partial charge in [-0.05, 0) is 67.0 Å². The van der Waals surface area contributed by atoms with E-state index in [1.165, 1.54) is 37.6 Å². The lowest BCUT2D eigenvalue weighted by Crippen LogP contribution is -2.01. The predicted octanol–water partition coefficient (Wildman–Crippen LogP) is 6.76. The second-order valence-corrected chi connectivity index (χ2v) is 12.2. The number of nitrogen functional groups attached to an aromatic ring is 4. The molecule has 0 aliphatic rings. The first-order chi connectivity index (χ1) is 18.3. The average Bonchev–Trinajstić information content (AvgIpc) is 2.85. The molecule has 2 aromatic carbocycles. The zero-order chi connectivity index (χ0) is 28.9. The number of hydrogen-bond acceptors (Lipinski definition) is 10. The summed E-state index contributed by atoms with van der Waals surface area (Å²) in [6, 6.07) is 10.9. The first-order valence-electron chi connectivity index (χ1n) is 12.7. The maximum absolute atomic E-state index is 5.91. The highest BCUT2D eigenvalue weighted by molar-refractivity contribution is 7.99. The minimum Gasteiger partial charge on any atom is -0.383 e. The molecule has 39 heavy (non-hydrogen) atoms. The second kappa shape index (κ2) is 13.0. The van der Waals surface area contributed by atoms with Crippen LogP contribution in [0.1, 0.15) is 67.3 Å². The summed E-state index contributed by atoms with van der Waals surface area (Å²) in [5.74, 6) is 2.17. The highest BCUT2D eigenvalue weighted by atomic mass is 32.2. The number of aromatic nitrogens is 4. The van der Waals surface area contributed by atoms with Crippen LogP contribution in [0.15, 0.2) is 62.3 Å². The Morgan fingerprint density at radius 1 is 0.590 bits per heavy atom. The molecule has 8 nitrogen and oxygen atoms in total. The van der Waals surface area contributed by atoms with Gasteiger partial charge in [0.1, 0.15) is 11.6 Å². The van der Waals surface area contributed by atoms with Crippen molar-refractivity contribution in [2.45, 2.75) is 79.9 Å². The first-order valence-corrected chi connectivity index (χ1v) is 14.3. The summed E-state index contributed by atoms with van der Waals surface area (Å²) in [6.45, 7) is 15.1. The molecule has 206 valence electrons. The number of benzene rings is 2. The molecule has 0 aliphatic heterocycles. The van der Waals surface area contributed by atoms with Crippen LogP contribution in [0.5, 0.6) is 0 Å². The van der Waals surface area contributed by atoms with Crippen molar-refractivity contribution in [1.82, 2.24) is 19.9 Å². The van der Waals surface area contributed by atoms with Gasteiger partial charge in [-0.1, -0.05) is 75.0 Å². The van der Waals surface area contributed by atoms with E-state index in [1.807, 2.05) is 0 Å². The van der Waals surface area contributed by atoms with Crippen LogP contribution in [0.4, 0.5) is 23.5 Å². The van der Waals surface area contributed by atoms with Crippen LogP contribution < -0.4 is 22.9 Å². The number of nitrogens with two attached hydrogens (primary N) is 4. The van der Waals surface area contributed by atoms with Gasteiger partial charge in [0.2, 0.25) is 11.9 Å². The van der Waals surface area contributed by atoms with Gasteiger partial charge in [0, 0.05) is 22.2 Å². The van der Waals surface area contributed by atoms with Gasteiger partial charge in [-0.25, -0.2) is 9.97 Å². The fourth-order valence-corrected chi connectivity index (χ4v) is 5.94. The van der Waals surface area contributed by atoms with E-state index in [9.17, 15) is 0 Å². The van der Waals surface area contributed by atoms with Crippen molar-refractivity contribution in [3.8, 4) is 0 Å². The van der Waals surface area contributed by atoms with Crippen LogP contribution in [0.25, 0.3) is 0 Å². The number of nitrogens with zero attached hydrogens (tertiary/aromatic N) is 4. The second-order valence-electron chi connectivity index (χ2n) is 9.98. The van der Waals surface area contributed by atoms with Crippen molar-refractivity contribution in [2.75, 3.05) is 22.9 Å². The minimum absolute atomic E-state index is 0.204. The van der Waals surface area contributed by atoms with E-state index < -0.39 is 0 Å². The molecule has 2 heterocycles. The molecule has 0 aliphatic carbocycles. The fourth-order valence-electron chi connectivity index (χ4n) is 3.75. The molecule has 0 unspecified atom stereocenters. The van der Waals surface area contributed by atoms with Crippen LogP contribution in [0.3, 0.4) is 0 Å². The smallest absolute Gasteiger partial charge is 0.221 e. The largest absolute Gasteiger partial charge is 0.383 e. The summed E-state index contributed by atoms with van der Waals surface area (Å²) in [5, 5.41) is 0. The molecular formula is C29H38N8S2. The molecule has 4 aromatic rings. The highest BCUT2D eigenvalue weighted by Gasteiger charge is 2.13. The van der Waals surface area contributed by atoms with Crippen molar-refractivity contribution in [3.05, 3.63) is 70.5 Å². The molecule has 0 saturated carbocycles. The Morgan fingerprint density at radius 3 is 1.54 bits per heavy atom. The van der Waals surface area contributed by atoms with E-state index in [0.717, 1.165) is 9.79 Å². The molecule has 4 rings (SSSR count). The average molecular weight is 563 g/mol. The van der Waals surface area contributed by atoms with Crippen LogP contribution >= 0.6 is 23.5 Å². The van der Waals surface area contributed by atoms with Gasteiger partial charge in [-0.3, -0.25) is 0 Å². The van der Waals surface area contributed by atoms with Crippen molar-refractivity contribution in [3.63, 3.8) is 0 Å². The van der Waals surface area contributed by atoms with Gasteiger partial charge >= 0.3 is 0 Å². The Labute approximate surface area is 239 Å². The van der Waals surface area contributed by atoms with Gasteiger partial charge in [-0.15, -0.1) is 0 Å². The van der Waals surface area contributed by atoms with E-state index in [-0.39, 0.29) is 11.9 Å². The third-order valence-corrected chi connectivity index (χ3v) is 8.31. The van der Waals surface area contributed by atoms with Gasteiger partial charge in [0.15, 0.2) is 0 Å². The van der Waals surface area contributed by atoms with Gasteiger partial charge in [0.25, 0.3) is 0 Å². The molecule has 0 radical (unpaired) electrons. The summed E-state index contributed by atoms with van der Waals surface area (Å²) in [5.41, 5.74) is 29.3. The summed E-state index contributed by atoms with van der Waals surface area (Å²) >= 11 is 3.18. The SMILES string of the molecule is Cc1cc(Sc2cnc(N)nc2N)c(C(C)C)cc1C.Cc1ccc(Sc2cnc(N)nc2N)c(C(C)C)c1. The Kier molecular flexibility index (Phi) is 10.0. The molecule has 8 N–H and O–H groups in total. The van der Waals surface area contributed by atoms with Crippen LogP contribution in [0.2, 0.25) is 0 Å². The molecular weight excluding hydrogens is 525 g/mol. The Balaban J connectivity index is 0.000000216. The first kappa shape index (κ1) is 30.0. The molecule has 0 amide bonds. The molecule has 0 atom stereocenters. The lowest BCUT2D eigenvalue weighted by Gasteiger charge is -2.15. The fraction of sp³-hybridized carbons (Fsp3) is 0.310. The molecule has 0 fully saturated rings. The van der Waals surface area contributed by atoms with Gasteiger partial charge < -0.3 is 22.9 Å². The molecule has 10 heteroatoms. The summed E-state index contributed by atoms with van der Waals surface area (Å²) in [6.07, 6.45) is 3.36. The Bertz CT molecular complexity index is 1450. The Hall–Kier alpha value is -3.50. The van der Waals surface area contributed by atoms with Gasteiger partial charge in [0.05, 0.1) is 9.79 Å². The van der Waals surface area contributed by atoms with Crippen LogP contribution in [-0.2, 0) is 0 Å². The van der Waals surface area contributed by atoms with Crippen molar-refractivity contribution in [2.24, 2.45) is 0 Å². The maximum Gasteiger partial charge on any atom is 0.221 e. The third-order valence-electron chi connectivity index (χ3n) is 6.08. The zero-order valence-corrected chi connectivity index (χ0v) is 25.2. The summed E-state index contributed by atoms with van der Waals surface area (Å²) in [4.78, 5) is 20.1. The van der Waals surface area contributed by atoms with Crippen molar-refractivity contribution < 1.29 is 0 Å². The number of anilines is 4. The summed E-state index contributed by atoms with van der Waals surface area (Å²) in [7, 11) is 0. The molecule has 0 saturated heterocycles. The van der Waals surface area contributed by atoms with Crippen molar-refractivity contribution in [1.29, 1.82) is 0 Å². The summed E-state index contributed by atoms with van der Waals surface area (Å²) < 4.78 is 0. The van der Waals surface area contributed by atoms with E-state index >= 15 is 0 Å². The van der Waals surface area contributed by atoms with E-state index in [0.29, 0.717) is 23.5 Å². The standard InChI is InChI=1S/C15H20N4S.C14H18N4S/c1-8(2)11-5-9(3)10(4)6-12(11)20-13-7-18-15(17)19-14(13)16;1-8(2)10-6-9(3)4-5-11(10)19-12-7-17-14(16)18-13(12)15/h5-8H,1-4H3,(H4,16,17,18,19);4-8H,1-3H3,(H4,15,16,17,18). The monoisotopic (exact) mass is 562 g/mol. The predicted molar refractivity (Wildman–Crippen MR) is 165 cm³/mol. The zero-order valence-electron chi connectivity index (χ0n) is 23.6. The third kappa shape index (κ3) is 8.00. The quantitative estimate of drug-likeness (QED) is 0.198. The topological polar surface area (TPSA) is 156 Å². The lowest BCUT2D eigenvalue weighted by atomic mass is 9.98. The van der Waals surface area contributed by atoms with Crippen LogP contribution in [0, 0.1) is 20.8 Å². The van der Waals surface area contributed by atoms with E-state index in [1.54, 1.807) is 35.9 Å². The van der Waals surface area contributed by atoms with E-state index in [4.69, 9.17) is 22.9 Å². The number of hydrogen-bond donors (Lipinski definition) is 4. The normalized spacial score (nSPS) is 11.0. The van der Waals surface area contributed by atoms with E-state index in [2.05, 4.69) is 98.7 Å². The number of rotatable bonds is 6. The molecule has 2 aromatic heterocycles. The van der Waals surface area contributed by atoms with Crippen molar-refractivity contribution >= 4 is 47.1 Å². The highest BCUT2D eigenvalue weighted by Crippen LogP contribution is 2.38. The molecule has 0 bridgehead atoms. The number of aryl methyl sites for hydroxylation is 3. The van der Waals surface area contributed by atoms with Gasteiger partial charge in [-0.2, -0.15) is 9.97 Å². The minimum atomic E-state index is 0.204. The van der Waals surface area contributed by atoms with Crippen LogP contribution in [-0.4, -0.2) is 19.9 Å². The molecule has 0 spiro atoms. The maximum atomic E-state index is 5.91. The Morgan fingerprint density at radius 2 is 1.05 bits per heavy atom.